The van der Waals surface area contributed by atoms with E-state index in [1.165, 1.54) is 22.8 Å². The van der Waals surface area contributed by atoms with Crippen LogP contribution in [0.2, 0.25) is 0 Å². The molecule has 3 rings (SSSR count). The minimum absolute atomic E-state index is 0.0213. The maximum absolute atomic E-state index is 11.7. The number of aromatic carboxylic acids is 1. The SMILES string of the molecule is CC1(C)CCC(C)(C)c2cc(/C=C/S(C)(=O)=O)c(C=Cc3ccc(C(=O)O)cc3)cc21. The van der Waals surface area contributed by atoms with Crippen molar-refractivity contribution < 1.29 is 18.3 Å². The Labute approximate surface area is 185 Å². The summed E-state index contributed by atoms with van der Waals surface area (Å²) in [4.78, 5) is 11.1. The van der Waals surface area contributed by atoms with Crippen molar-refractivity contribution in [1.29, 1.82) is 0 Å². The highest BCUT2D eigenvalue weighted by Gasteiger charge is 2.37. The quantitative estimate of drug-likeness (QED) is 0.588. The Morgan fingerprint density at radius 3 is 1.81 bits per heavy atom. The summed E-state index contributed by atoms with van der Waals surface area (Å²) in [5.74, 6) is -0.955. The Hall–Kier alpha value is -2.66. The second-order valence-corrected chi connectivity index (χ2v) is 11.6. The van der Waals surface area contributed by atoms with Gasteiger partial charge in [-0.15, -0.1) is 0 Å². The van der Waals surface area contributed by atoms with E-state index in [0.29, 0.717) is 0 Å². The first-order valence-electron chi connectivity index (χ1n) is 10.4. The van der Waals surface area contributed by atoms with Gasteiger partial charge in [-0.05, 0) is 69.7 Å². The molecule has 31 heavy (non-hydrogen) atoms. The van der Waals surface area contributed by atoms with Gasteiger partial charge >= 0.3 is 5.97 Å². The zero-order chi connectivity index (χ0) is 23.0. The predicted molar refractivity (Wildman–Crippen MR) is 128 cm³/mol. The third-order valence-corrected chi connectivity index (χ3v) is 6.79. The number of fused-ring (bicyclic) bond motifs is 1. The van der Waals surface area contributed by atoms with E-state index in [1.54, 1.807) is 30.3 Å². The van der Waals surface area contributed by atoms with Crippen molar-refractivity contribution in [1.82, 2.24) is 0 Å². The molecule has 0 radical (unpaired) electrons. The predicted octanol–water partition coefficient (Wildman–Crippen LogP) is 5.92. The average molecular weight is 439 g/mol. The molecule has 1 aliphatic rings. The molecule has 0 heterocycles. The molecule has 1 N–H and O–H groups in total. The molecule has 4 nitrogen and oxygen atoms in total. The van der Waals surface area contributed by atoms with E-state index in [4.69, 9.17) is 5.11 Å². The van der Waals surface area contributed by atoms with E-state index >= 15 is 0 Å². The molecule has 0 aliphatic heterocycles. The van der Waals surface area contributed by atoms with Crippen LogP contribution in [0.3, 0.4) is 0 Å². The van der Waals surface area contributed by atoms with Gasteiger partial charge in [0.1, 0.15) is 0 Å². The Kier molecular flexibility index (Phi) is 6.03. The van der Waals surface area contributed by atoms with Gasteiger partial charge in [0, 0.05) is 11.7 Å². The first kappa shape index (κ1) is 23.0. The van der Waals surface area contributed by atoms with Crippen LogP contribution in [-0.2, 0) is 20.7 Å². The van der Waals surface area contributed by atoms with Crippen LogP contribution < -0.4 is 0 Å². The molecule has 2 aromatic carbocycles. The van der Waals surface area contributed by atoms with Crippen molar-refractivity contribution in [3.8, 4) is 0 Å². The van der Waals surface area contributed by atoms with E-state index in [2.05, 4.69) is 39.8 Å². The monoisotopic (exact) mass is 438 g/mol. The van der Waals surface area contributed by atoms with Gasteiger partial charge in [-0.25, -0.2) is 13.2 Å². The first-order valence-corrected chi connectivity index (χ1v) is 12.3. The van der Waals surface area contributed by atoms with E-state index in [0.717, 1.165) is 29.5 Å². The largest absolute Gasteiger partial charge is 0.478 e. The molecular formula is C26H30O4S. The van der Waals surface area contributed by atoms with E-state index < -0.39 is 15.8 Å². The van der Waals surface area contributed by atoms with Gasteiger partial charge in [0.2, 0.25) is 0 Å². The van der Waals surface area contributed by atoms with Crippen LogP contribution in [0.25, 0.3) is 18.2 Å². The summed E-state index contributed by atoms with van der Waals surface area (Å²) in [6.45, 7) is 8.99. The highest BCUT2D eigenvalue weighted by Crippen LogP contribution is 2.46. The number of sulfone groups is 1. The number of rotatable bonds is 5. The summed E-state index contributed by atoms with van der Waals surface area (Å²) >= 11 is 0. The lowest BCUT2D eigenvalue weighted by atomic mass is 9.62. The van der Waals surface area contributed by atoms with Gasteiger partial charge in [0.05, 0.1) is 5.56 Å². The van der Waals surface area contributed by atoms with Gasteiger partial charge < -0.3 is 5.11 Å². The summed E-state index contributed by atoms with van der Waals surface area (Å²) in [6, 6.07) is 11.0. The Balaban J connectivity index is 2.13. The summed E-state index contributed by atoms with van der Waals surface area (Å²) < 4.78 is 23.5. The molecule has 1 aliphatic carbocycles. The molecule has 0 unspecified atom stereocenters. The summed E-state index contributed by atoms with van der Waals surface area (Å²) in [5.41, 5.74) is 5.52. The van der Waals surface area contributed by atoms with Crippen LogP contribution in [0.5, 0.6) is 0 Å². The normalized spacial score (nSPS) is 17.7. The lowest BCUT2D eigenvalue weighted by molar-refractivity contribution is 0.0697. The molecule has 0 saturated heterocycles. The lowest BCUT2D eigenvalue weighted by Crippen LogP contribution is -2.34. The second kappa shape index (κ2) is 8.12. The van der Waals surface area contributed by atoms with E-state index in [1.807, 2.05) is 12.2 Å². The number of carbonyl (C=O) groups is 1. The van der Waals surface area contributed by atoms with Crippen molar-refractivity contribution in [3.63, 3.8) is 0 Å². The zero-order valence-electron chi connectivity index (χ0n) is 18.8. The van der Waals surface area contributed by atoms with Crippen molar-refractivity contribution in [3.05, 3.63) is 75.2 Å². The van der Waals surface area contributed by atoms with Crippen molar-refractivity contribution >= 4 is 34.0 Å². The first-order chi connectivity index (χ1) is 14.3. The standard InChI is InChI=1S/C26H30O4S/c1-25(2)13-14-26(3,4)23-17-21(12-15-31(5,29)30)20(16-22(23)25)11-8-18-6-9-19(10-7-18)24(27)28/h6-12,15-17H,13-14H2,1-5H3,(H,27,28)/b11-8?,15-12+. The van der Waals surface area contributed by atoms with Gasteiger partial charge in [0.15, 0.2) is 9.84 Å². The van der Waals surface area contributed by atoms with Crippen molar-refractivity contribution in [2.45, 2.75) is 51.4 Å². The fourth-order valence-corrected chi connectivity index (χ4v) is 4.45. The van der Waals surface area contributed by atoms with Gasteiger partial charge in [-0.2, -0.15) is 0 Å². The van der Waals surface area contributed by atoms with Crippen LogP contribution in [-0.4, -0.2) is 25.7 Å². The van der Waals surface area contributed by atoms with Crippen molar-refractivity contribution in [2.75, 3.05) is 6.26 Å². The van der Waals surface area contributed by atoms with Crippen LogP contribution in [0.4, 0.5) is 0 Å². The molecular weight excluding hydrogens is 408 g/mol. The summed E-state index contributed by atoms with van der Waals surface area (Å²) in [6.07, 6.45) is 8.91. The van der Waals surface area contributed by atoms with Crippen LogP contribution >= 0.6 is 0 Å². The fraction of sp³-hybridized carbons (Fsp3) is 0.346. The molecule has 0 spiro atoms. The molecule has 0 bridgehead atoms. The zero-order valence-corrected chi connectivity index (χ0v) is 19.6. The maximum Gasteiger partial charge on any atom is 0.335 e. The lowest BCUT2D eigenvalue weighted by Gasteiger charge is -2.42. The Morgan fingerprint density at radius 1 is 0.871 bits per heavy atom. The molecule has 164 valence electrons. The number of hydrogen-bond donors (Lipinski definition) is 1. The summed E-state index contributed by atoms with van der Waals surface area (Å²) in [5, 5.41) is 10.3. The topological polar surface area (TPSA) is 71.4 Å². The Morgan fingerprint density at radius 2 is 1.35 bits per heavy atom. The van der Waals surface area contributed by atoms with Crippen LogP contribution in [0.1, 0.15) is 78.7 Å². The van der Waals surface area contributed by atoms with Gasteiger partial charge in [-0.3, -0.25) is 0 Å². The third-order valence-electron chi connectivity index (χ3n) is 6.16. The number of carboxylic acids is 1. The van der Waals surface area contributed by atoms with Crippen LogP contribution in [0, 0.1) is 0 Å². The smallest absolute Gasteiger partial charge is 0.335 e. The van der Waals surface area contributed by atoms with Crippen molar-refractivity contribution in [2.24, 2.45) is 0 Å². The van der Waals surface area contributed by atoms with E-state index in [-0.39, 0.29) is 16.4 Å². The second-order valence-electron chi connectivity index (χ2n) is 9.69. The number of benzene rings is 2. The maximum atomic E-state index is 11.7. The minimum Gasteiger partial charge on any atom is -0.478 e. The van der Waals surface area contributed by atoms with Gasteiger partial charge in [0.25, 0.3) is 0 Å². The molecule has 0 aromatic heterocycles. The fourth-order valence-electron chi connectivity index (χ4n) is 4.06. The molecule has 0 saturated carbocycles. The van der Waals surface area contributed by atoms with Gasteiger partial charge in [-0.1, -0.05) is 64.1 Å². The van der Waals surface area contributed by atoms with Crippen LogP contribution in [0.15, 0.2) is 41.8 Å². The number of carboxylic acid groups (broad SMARTS) is 1. The summed E-state index contributed by atoms with van der Waals surface area (Å²) in [7, 11) is -3.25. The molecule has 0 atom stereocenters. The minimum atomic E-state index is -3.25. The highest BCUT2D eigenvalue weighted by molar-refractivity contribution is 7.93. The molecule has 0 fully saturated rings. The van der Waals surface area contributed by atoms with E-state index in [9.17, 15) is 13.2 Å². The third kappa shape index (κ3) is 5.34. The average Bonchev–Trinajstić information content (AvgIpc) is 2.68. The molecule has 0 amide bonds. The Bertz CT molecular complexity index is 1160. The highest BCUT2D eigenvalue weighted by atomic mass is 32.2. The number of hydrogen-bond acceptors (Lipinski definition) is 3. The molecule has 5 heteroatoms. The molecule has 2 aromatic rings.